The molecule has 5 atom stereocenters. The number of hydrogen-bond acceptors (Lipinski definition) is 7. The van der Waals surface area contributed by atoms with E-state index >= 15 is 4.39 Å². The lowest BCUT2D eigenvalue weighted by Crippen LogP contribution is -2.55. The molecule has 0 radical (unpaired) electrons. The number of ether oxygens (including phenoxy) is 1. The summed E-state index contributed by atoms with van der Waals surface area (Å²) in [4.78, 5) is 23.3. The van der Waals surface area contributed by atoms with Crippen molar-refractivity contribution in [1.82, 2.24) is 14.8 Å². The number of aromatic nitrogens is 1. The van der Waals surface area contributed by atoms with E-state index in [0.717, 1.165) is 37.8 Å². The third-order valence-corrected chi connectivity index (χ3v) is 11.2. The van der Waals surface area contributed by atoms with Gasteiger partial charge in [-0.2, -0.15) is 10.5 Å². The number of pyridine rings is 1. The molecule has 1 saturated carbocycles. The molecule has 0 bridgehead atoms. The molecule has 3 aromatic rings. The number of carbonyl (C=O) groups excluding carboxylic acids is 1. The number of nitrogens with zero attached hydrogens (tertiary/aromatic N) is 6. The van der Waals surface area contributed by atoms with Gasteiger partial charge < -0.3 is 14.5 Å². The minimum atomic E-state index is -0.926. The predicted molar refractivity (Wildman–Crippen MR) is 173 cm³/mol. The van der Waals surface area contributed by atoms with Crippen LogP contribution in [0.4, 0.5) is 14.5 Å². The number of halogens is 2. The van der Waals surface area contributed by atoms with E-state index in [-0.39, 0.29) is 36.9 Å². The van der Waals surface area contributed by atoms with Crippen LogP contribution >= 0.6 is 0 Å². The van der Waals surface area contributed by atoms with Gasteiger partial charge in [0.05, 0.1) is 35.3 Å². The van der Waals surface area contributed by atoms with Gasteiger partial charge in [-0.15, -0.1) is 0 Å². The average molecular weight is 635 g/mol. The number of nitriles is 2. The quantitative estimate of drug-likeness (QED) is 0.310. The molecule has 0 N–H and O–H groups in total. The number of fused-ring (bicyclic) bond motifs is 5. The molecular weight excluding hydrogens is 598 g/mol. The lowest BCUT2D eigenvalue weighted by molar-refractivity contribution is -0.128. The smallest absolute Gasteiger partial charge is 0.246 e. The third kappa shape index (κ3) is 4.84. The Morgan fingerprint density at radius 2 is 2.06 bits per heavy atom. The Kier molecular flexibility index (Phi) is 7.18. The molecule has 3 unspecified atom stereocenters. The van der Waals surface area contributed by atoms with E-state index in [0.29, 0.717) is 60.0 Å². The van der Waals surface area contributed by atoms with Crippen molar-refractivity contribution in [2.45, 2.75) is 62.2 Å². The molecule has 3 aliphatic heterocycles. The fourth-order valence-corrected chi connectivity index (χ4v) is 8.96. The van der Waals surface area contributed by atoms with Gasteiger partial charge in [-0.25, -0.2) is 13.8 Å². The summed E-state index contributed by atoms with van der Waals surface area (Å²) < 4.78 is 37.4. The second-order valence-electron chi connectivity index (χ2n) is 13.8. The monoisotopic (exact) mass is 634 g/mol. The van der Waals surface area contributed by atoms with E-state index in [4.69, 9.17) is 9.72 Å². The van der Waals surface area contributed by atoms with Gasteiger partial charge >= 0.3 is 0 Å². The second-order valence-corrected chi connectivity index (χ2v) is 13.8. The zero-order chi connectivity index (χ0) is 32.4. The maximum Gasteiger partial charge on any atom is 0.246 e. The van der Waals surface area contributed by atoms with Crippen LogP contribution in [0.1, 0.15) is 54.7 Å². The molecule has 3 saturated heterocycles. The lowest BCUT2D eigenvalue weighted by atomic mass is 9.92. The molecule has 47 heavy (non-hydrogen) atoms. The highest BCUT2D eigenvalue weighted by molar-refractivity contribution is 5.99. The highest BCUT2D eigenvalue weighted by Crippen LogP contribution is 2.59. The van der Waals surface area contributed by atoms with E-state index in [1.54, 1.807) is 11.0 Å². The molecule has 2 aromatic carbocycles. The minimum absolute atomic E-state index is 0.0902. The van der Waals surface area contributed by atoms with E-state index in [2.05, 4.69) is 29.7 Å². The van der Waals surface area contributed by atoms with Crippen LogP contribution in [0.15, 0.2) is 43.0 Å². The van der Waals surface area contributed by atoms with Crippen molar-refractivity contribution in [2.24, 2.45) is 5.92 Å². The number of amides is 1. The summed E-state index contributed by atoms with van der Waals surface area (Å²) in [5, 5.41) is 20.7. The van der Waals surface area contributed by atoms with E-state index in [1.165, 1.54) is 23.3 Å². The lowest BCUT2D eigenvalue weighted by Gasteiger charge is -2.42. The maximum absolute atomic E-state index is 16.3. The van der Waals surface area contributed by atoms with Gasteiger partial charge in [0, 0.05) is 43.5 Å². The molecule has 1 aromatic heterocycles. The highest BCUT2D eigenvalue weighted by atomic mass is 19.1. The number of rotatable bonds is 7. The SMILES string of the molecule is C=CC(=O)N1CCN(c2c(C#N)c(OCC34CCCN3C[C@H](F)C4)nc3cc(-c4cccc5c4C4CC4C5)c(F)cc23)C[C@@H]1CC#N. The van der Waals surface area contributed by atoms with Crippen molar-refractivity contribution in [3.8, 4) is 29.1 Å². The number of carbonyl (C=O) groups is 1. The fraction of sp³-hybridized carbons (Fsp3) is 0.459. The number of benzene rings is 2. The summed E-state index contributed by atoms with van der Waals surface area (Å²) in [5.41, 5.74) is 4.54. The zero-order valence-electron chi connectivity index (χ0n) is 26.2. The number of piperazine rings is 1. The number of hydrogen-bond donors (Lipinski definition) is 0. The average Bonchev–Trinajstić information content (AvgIpc) is 3.39. The van der Waals surface area contributed by atoms with Gasteiger partial charge in [-0.3, -0.25) is 9.69 Å². The van der Waals surface area contributed by atoms with E-state index in [1.807, 2.05) is 17.0 Å². The predicted octanol–water partition coefficient (Wildman–Crippen LogP) is 5.64. The van der Waals surface area contributed by atoms with Crippen molar-refractivity contribution in [3.05, 3.63) is 65.5 Å². The molecule has 1 amide bonds. The Morgan fingerprint density at radius 1 is 1.19 bits per heavy atom. The molecule has 4 fully saturated rings. The topological polar surface area (TPSA) is 96.5 Å². The summed E-state index contributed by atoms with van der Waals surface area (Å²) in [7, 11) is 0. The fourth-order valence-electron chi connectivity index (χ4n) is 8.96. The number of anilines is 1. The van der Waals surface area contributed by atoms with Crippen LogP contribution in [0.5, 0.6) is 5.88 Å². The summed E-state index contributed by atoms with van der Waals surface area (Å²) in [6, 6.07) is 13.4. The van der Waals surface area contributed by atoms with Gasteiger partial charge in [0.25, 0.3) is 0 Å². The first kappa shape index (κ1) is 29.8. The molecule has 2 aliphatic carbocycles. The highest BCUT2D eigenvalue weighted by Gasteiger charge is 2.50. The summed E-state index contributed by atoms with van der Waals surface area (Å²) >= 11 is 0. The minimum Gasteiger partial charge on any atom is -0.475 e. The van der Waals surface area contributed by atoms with E-state index in [9.17, 15) is 19.7 Å². The van der Waals surface area contributed by atoms with E-state index < -0.39 is 23.6 Å². The Labute approximate surface area is 272 Å². The van der Waals surface area contributed by atoms with Crippen molar-refractivity contribution in [2.75, 3.05) is 44.2 Å². The van der Waals surface area contributed by atoms with Crippen molar-refractivity contribution in [3.63, 3.8) is 0 Å². The van der Waals surface area contributed by atoms with Crippen LogP contribution in [0.2, 0.25) is 0 Å². The van der Waals surface area contributed by atoms with Crippen LogP contribution in [-0.2, 0) is 11.2 Å². The van der Waals surface area contributed by atoms with Crippen LogP contribution in [0, 0.1) is 34.4 Å². The summed E-state index contributed by atoms with van der Waals surface area (Å²) in [5.74, 6) is 0.578. The maximum atomic E-state index is 16.3. The van der Waals surface area contributed by atoms with Gasteiger partial charge in [0.2, 0.25) is 11.8 Å². The first-order valence-corrected chi connectivity index (χ1v) is 16.6. The van der Waals surface area contributed by atoms with Crippen molar-refractivity contribution < 1.29 is 18.3 Å². The standard InChI is InChI=1S/C37H36F2N6O2/c1-2-33(46)45-12-11-43(20-25(45)7-9-40)35-29-15-31(39)28(26-6-3-5-22-13-23-14-27(23)34(22)26)16-32(29)42-36(30(35)18-41)47-21-37-8-4-10-44(37)19-24(38)17-37/h2-3,5-6,15-16,23-25,27H,1,4,7-8,10-14,17,19-21H2/t23?,24-,25+,27?,37?/m1/s1. The van der Waals surface area contributed by atoms with Crippen molar-refractivity contribution in [1.29, 1.82) is 10.5 Å². The zero-order valence-corrected chi connectivity index (χ0v) is 26.2. The molecule has 8 rings (SSSR count). The number of alkyl halides is 1. The molecule has 0 spiro atoms. The molecular formula is C37H36F2N6O2. The van der Waals surface area contributed by atoms with Crippen molar-refractivity contribution >= 4 is 22.5 Å². The Balaban J connectivity index is 1.25. The van der Waals surface area contributed by atoms with Gasteiger partial charge in [-0.1, -0.05) is 24.8 Å². The first-order chi connectivity index (χ1) is 22.8. The van der Waals surface area contributed by atoms with Crippen LogP contribution in [0.3, 0.4) is 0 Å². The van der Waals surface area contributed by atoms with Gasteiger partial charge in [-0.05, 0) is 79.0 Å². The van der Waals surface area contributed by atoms with Gasteiger partial charge in [0.15, 0.2) is 0 Å². The van der Waals surface area contributed by atoms with Crippen LogP contribution < -0.4 is 9.64 Å². The molecule has 10 heteroatoms. The normalized spacial score (nSPS) is 27.6. The van der Waals surface area contributed by atoms with Crippen LogP contribution in [-0.4, -0.2) is 77.8 Å². The summed E-state index contributed by atoms with van der Waals surface area (Å²) in [6.45, 7) is 5.92. The molecule has 8 nitrogen and oxygen atoms in total. The second kappa shape index (κ2) is 11.3. The Morgan fingerprint density at radius 3 is 2.87 bits per heavy atom. The summed E-state index contributed by atoms with van der Waals surface area (Å²) in [6.07, 6.45) is 4.70. The molecule has 4 heterocycles. The molecule has 240 valence electrons. The van der Waals surface area contributed by atoms with Gasteiger partial charge in [0.1, 0.15) is 30.2 Å². The third-order valence-electron chi connectivity index (χ3n) is 11.2. The Hall–Kier alpha value is -4.54. The first-order valence-electron chi connectivity index (χ1n) is 16.6. The largest absolute Gasteiger partial charge is 0.475 e. The Bertz CT molecular complexity index is 1900. The van der Waals surface area contributed by atoms with Crippen LogP contribution in [0.25, 0.3) is 22.0 Å². The molecule has 5 aliphatic rings.